The number of rotatable bonds is 7. The molecule has 12 heteroatoms. The smallest absolute Gasteiger partial charge is 0.429 e. The third-order valence-electron chi connectivity index (χ3n) is 8.93. The molecule has 1 spiro atoms. The van der Waals surface area contributed by atoms with Crippen molar-refractivity contribution in [3.05, 3.63) is 72.4 Å². The minimum atomic E-state index is -4.72. The number of piperidine rings is 1. The zero-order valence-corrected chi connectivity index (χ0v) is 24.1. The highest BCUT2D eigenvalue weighted by molar-refractivity contribution is 5.84. The van der Waals surface area contributed by atoms with Crippen molar-refractivity contribution in [3.8, 4) is 17.0 Å². The summed E-state index contributed by atoms with van der Waals surface area (Å²) in [6.07, 6.45) is -2.51. The molecule has 230 valence electrons. The molecule has 2 saturated heterocycles. The summed E-state index contributed by atoms with van der Waals surface area (Å²) in [6, 6.07) is 16.4. The Morgan fingerprint density at radius 1 is 1.11 bits per heavy atom. The van der Waals surface area contributed by atoms with Gasteiger partial charge in [0.2, 0.25) is 17.9 Å². The number of carboxylic acid groups (broad SMARTS) is 1. The van der Waals surface area contributed by atoms with Gasteiger partial charge in [-0.1, -0.05) is 43.3 Å². The number of carboxylic acids is 1. The third-order valence-corrected chi connectivity index (χ3v) is 8.93. The Morgan fingerprint density at radius 3 is 2.52 bits per heavy atom. The Bertz CT molecular complexity index is 1660. The lowest BCUT2D eigenvalue weighted by atomic mass is 9.71. The van der Waals surface area contributed by atoms with E-state index in [0.29, 0.717) is 38.2 Å². The van der Waals surface area contributed by atoms with Crippen LogP contribution in [0.3, 0.4) is 0 Å². The number of nitrogens with zero attached hydrogens (tertiary/aromatic N) is 4. The Balaban J connectivity index is 1.20. The van der Waals surface area contributed by atoms with Crippen LogP contribution in [0.2, 0.25) is 0 Å². The summed E-state index contributed by atoms with van der Waals surface area (Å²) in [4.78, 5) is 26.1. The third kappa shape index (κ3) is 5.86. The van der Waals surface area contributed by atoms with Gasteiger partial charge in [0.15, 0.2) is 0 Å². The minimum Gasteiger partial charge on any atom is -0.480 e. The lowest BCUT2D eigenvalue weighted by Gasteiger charge is -2.43. The molecule has 2 aromatic carbocycles. The molecule has 2 aliphatic heterocycles. The molecule has 2 unspecified atom stereocenters. The molecule has 0 amide bonds. The lowest BCUT2D eigenvalue weighted by Crippen LogP contribution is -2.46. The molecule has 4 heterocycles. The number of anilines is 2. The molecule has 2 aliphatic rings. The number of nitrogens with two attached hydrogens (primary N) is 1. The molecule has 0 saturated carbocycles. The van der Waals surface area contributed by atoms with Crippen molar-refractivity contribution >= 4 is 28.6 Å². The minimum absolute atomic E-state index is 0.0744. The predicted octanol–water partition coefficient (Wildman–Crippen LogP) is 5.77. The van der Waals surface area contributed by atoms with Crippen LogP contribution in [0.4, 0.5) is 24.9 Å². The van der Waals surface area contributed by atoms with E-state index in [4.69, 9.17) is 10.5 Å². The summed E-state index contributed by atoms with van der Waals surface area (Å²) in [7, 11) is 0. The van der Waals surface area contributed by atoms with Crippen LogP contribution in [0.15, 0.2) is 66.9 Å². The van der Waals surface area contributed by atoms with Gasteiger partial charge in [0.25, 0.3) is 0 Å². The van der Waals surface area contributed by atoms with Gasteiger partial charge >= 0.3 is 12.1 Å². The van der Waals surface area contributed by atoms with Crippen molar-refractivity contribution in [3.63, 3.8) is 0 Å². The van der Waals surface area contributed by atoms with Crippen molar-refractivity contribution < 1.29 is 27.8 Å². The van der Waals surface area contributed by atoms with Crippen LogP contribution in [0, 0.1) is 5.41 Å². The Hall–Kier alpha value is -4.45. The quantitative estimate of drug-likeness (QED) is 0.240. The first-order valence-corrected chi connectivity index (χ1v) is 14.6. The molecule has 4 N–H and O–H groups in total. The van der Waals surface area contributed by atoms with Gasteiger partial charge in [-0.15, -0.1) is 0 Å². The Morgan fingerprint density at radius 2 is 1.84 bits per heavy atom. The van der Waals surface area contributed by atoms with Crippen LogP contribution >= 0.6 is 0 Å². The monoisotopic (exact) mass is 606 g/mol. The van der Waals surface area contributed by atoms with E-state index in [1.54, 1.807) is 18.3 Å². The number of aromatic nitrogens is 3. The van der Waals surface area contributed by atoms with E-state index in [9.17, 15) is 23.1 Å². The highest BCUT2D eigenvalue weighted by Gasteiger charge is 2.50. The zero-order valence-electron chi connectivity index (χ0n) is 24.1. The number of nitrogen functional groups attached to an aromatic ring is 1. The fourth-order valence-corrected chi connectivity index (χ4v) is 6.67. The van der Waals surface area contributed by atoms with Crippen molar-refractivity contribution in [2.24, 2.45) is 5.41 Å². The van der Waals surface area contributed by atoms with Crippen molar-refractivity contribution in [2.45, 2.75) is 57.0 Å². The Kier molecular flexibility index (Phi) is 7.79. The van der Waals surface area contributed by atoms with Crippen molar-refractivity contribution in [1.82, 2.24) is 20.3 Å². The SMILES string of the molecule is CCC1NC(C(=O)O)CC12CCN(c1cc(O[C@H](c3ccc(-c4ccc5ncccc5c4)cc3)C(F)(F)F)nc(N)n1)CC2. The number of hydrogen-bond donors (Lipinski definition) is 3. The number of hydrogen-bond acceptors (Lipinski definition) is 8. The number of benzene rings is 2. The molecule has 3 atom stereocenters. The first-order chi connectivity index (χ1) is 21.0. The molecule has 4 aromatic rings. The number of nitrogens with one attached hydrogen (secondary N) is 1. The second kappa shape index (κ2) is 11.6. The average Bonchev–Trinajstić information content (AvgIpc) is 3.37. The van der Waals surface area contributed by atoms with Crippen LogP contribution < -0.4 is 20.7 Å². The van der Waals surface area contributed by atoms with Crippen LogP contribution in [0.5, 0.6) is 5.88 Å². The summed E-state index contributed by atoms with van der Waals surface area (Å²) >= 11 is 0. The van der Waals surface area contributed by atoms with Crippen molar-refractivity contribution in [1.29, 1.82) is 0 Å². The number of ether oxygens (including phenoxy) is 1. The van der Waals surface area contributed by atoms with Crippen molar-refractivity contribution in [2.75, 3.05) is 23.7 Å². The number of carbonyl (C=O) groups is 1. The van der Waals surface area contributed by atoms with Gasteiger partial charge in [-0.05, 0) is 60.4 Å². The number of halogens is 3. The van der Waals surface area contributed by atoms with Gasteiger partial charge in [0.05, 0.1) is 5.52 Å². The van der Waals surface area contributed by atoms with Crippen LogP contribution in [-0.2, 0) is 4.79 Å². The summed E-state index contributed by atoms with van der Waals surface area (Å²) in [5.41, 5.74) is 8.14. The van der Waals surface area contributed by atoms with E-state index >= 15 is 0 Å². The molecule has 2 aromatic heterocycles. The summed E-state index contributed by atoms with van der Waals surface area (Å²) in [5, 5.41) is 13.7. The summed E-state index contributed by atoms with van der Waals surface area (Å²) in [5.74, 6) is -0.952. The topological polar surface area (TPSA) is 126 Å². The number of aliphatic carboxylic acids is 1. The van der Waals surface area contributed by atoms with Gasteiger partial charge < -0.3 is 25.8 Å². The molecule has 2 fully saturated rings. The molecular formula is C32H33F3N6O3. The highest BCUT2D eigenvalue weighted by atomic mass is 19.4. The summed E-state index contributed by atoms with van der Waals surface area (Å²) < 4.78 is 48.4. The van der Waals surface area contributed by atoms with E-state index in [-0.39, 0.29) is 28.8 Å². The normalized spacial score (nSPS) is 20.6. The fourth-order valence-electron chi connectivity index (χ4n) is 6.67. The average molecular weight is 607 g/mol. The van der Waals surface area contributed by atoms with Gasteiger partial charge in [0, 0.05) is 42.3 Å². The number of alkyl halides is 3. The molecular weight excluding hydrogens is 573 g/mol. The largest absolute Gasteiger partial charge is 0.480 e. The van der Waals surface area contributed by atoms with Gasteiger partial charge in [-0.25, -0.2) is 0 Å². The Labute approximate surface area is 252 Å². The first-order valence-electron chi connectivity index (χ1n) is 14.6. The molecule has 0 radical (unpaired) electrons. The number of pyridine rings is 1. The van der Waals surface area contributed by atoms with E-state index in [1.165, 1.54) is 18.2 Å². The number of fused-ring (bicyclic) bond motifs is 1. The first kappa shape index (κ1) is 29.6. The lowest BCUT2D eigenvalue weighted by molar-refractivity contribution is -0.198. The highest BCUT2D eigenvalue weighted by Crippen LogP contribution is 2.46. The van der Waals surface area contributed by atoms with Gasteiger partial charge in [-0.2, -0.15) is 23.1 Å². The van der Waals surface area contributed by atoms with Gasteiger partial charge in [-0.3, -0.25) is 9.78 Å². The maximum absolute atomic E-state index is 14.3. The van der Waals surface area contributed by atoms with Crippen LogP contribution in [0.1, 0.15) is 44.3 Å². The summed E-state index contributed by atoms with van der Waals surface area (Å²) in [6.45, 7) is 3.14. The van der Waals surface area contributed by atoms with E-state index in [0.717, 1.165) is 28.5 Å². The fraction of sp³-hybridized carbons (Fsp3) is 0.375. The second-order valence-electron chi connectivity index (χ2n) is 11.6. The van der Waals surface area contributed by atoms with E-state index < -0.39 is 24.3 Å². The van der Waals surface area contributed by atoms with Crippen LogP contribution in [0.25, 0.3) is 22.0 Å². The van der Waals surface area contributed by atoms with Crippen LogP contribution in [-0.4, -0.2) is 57.4 Å². The standard InChI is InChI=1S/C32H33F3N6O3/c1-2-25-31(18-24(38-25)29(42)43)11-14-41(15-12-31)26-17-27(40-30(36)39-26)44-28(32(33,34)35)20-7-5-19(6-8-20)21-9-10-23-22(16-21)4-3-13-37-23/h3-10,13,16-17,24-25,28,38H,2,11-12,14-15,18H2,1H3,(H,42,43)(H2,36,39,40)/t24?,25?,28-/m1/s1. The maximum atomic E-state index is 14.3. The second-order valence-corrected chi connectivity index (χ2v) is 11.6. The maximum Gasteiger partial charge on any atom is 0.429 e. The van der Waals surface area contributed by atoms with E-state index in [2.05, 4.69) is 20.3 Å². The molecule has 44 heavy (non-hydrogen) atoms. The van der Waals surface area contributed by atoms with Gasteiger partial charge in [0.1, 0.15) is 11.9 Å². The molecule has 6 rings (SSSR count). The molecule has 0 aliphatic carbocycles. The molecule has 0 bridgehead atoms. The van der Waals surface area contributed by atoms with E-state index in [1.807, 2.05) is 42.2 Å². The molecule has 9 nitrogen and oxygen atoms in total. The predicted molar refractivity (Wildman–Crippen MR) is 160 cm³/mol. The zero-order chi connectivity index (χ0) is 31.1.